The van der Waals surface area contributed by atoms with Gasteiger partial charge in [0.1, 0.15) is 11.6 Å². The number of imidazole rings is 1. The van der Waals surface area contributed by atoms with E-state index < -0.39 is 0 Å². The Kier molecular flexibility index (Phi) is 3.91. The van der Waals surface area contributed by atoms with Gasteiger partial charge in [0.2, 0.25) is 0 Å². The summed E-state index contributed by atoms with van der Waals surface area (Å²) in [6.45, 7) is 0. The van der Waals surface area contributed by atoms with E-state index in [0.717, 1.165) is 33.9 Å². The monoisotopic (exact) mass is 347 g/mol. The fraction of sp³-hybridized carbons (Fsp3) is 0. The number of hydrogen-bond acceptors (Lipinski definition) is 4. The molecular formula is C19H14ClN5. The number of hydrogen-bond donors (Lipinski definition) is 2. The van der Waals surface area contributed by atoms with Gasteiger partial charge in [-0.05, 0) is 18.2 Å². The minimum absolute atomic E-state index is 0.301. The first-order valence-corrected chi connectivity index (χ1v) is 8.07. The summed E-state index contributed by atoms with van der Waals surface area (Å²) in [5.41, 5.74) is 10.1. The molecule has 0 saturated heterocycles. The highest BCUT2D eigenvalue weighted by atomic mass is 35.5. The molecule has 122 valence electrons. The fourth-order valence-corrected chi connectivity index (χ4v) is 2.79. The van der Waals surface area contributed by atoms with Gasteiger partial charge in [0.25, 0.3) is 0 Å². The van der Waals surface area contributed by atoms with Crippen LogP contribution < -0.4 is 5.73 Å². The number of H-pyrrole nitrogens is 1. The average Bonchev–Trinajstić information content (AvgIpc) is 3.11. The zero-order chi connectivity index (χ0) is 17.2. The Morgan fingerprint density at radius 2 is 1.68 bits per heavy atom. The number of anilines is 1. The SMILES string of the molecule is Nc1ncc(-c2nc(-c3ccccc3)[nH]c2-c2ccncc2)cc1Cl. The van der Waals surface area contributed by atoms with Crippen LogP contribution in [0.15, 0.2) is 67.1 Å². The smallest absolute Gasteiger partial charge is 0.142 e. The lowest BCUT2D eigenvalue weighted by molar-refractivity contribution is 1.29. The second-order valence-electron chi connectivity index (χ2n) is 5.50. The van der Waals surface area contributed by atoms with Gasteiger partial charge in [0.05, 0.1) is 16.4 Å². The van der Waals surface area contributed by atoms with Crippen molar-refractivity contribution < 1.29 is 0 Å². The summed E-state index contributed by atoms with van der Waals surface area (Å²) >= 11 is 6.15. The molecule has 3 aromatic heterocycles. The third-order valence-corrected chi connectivity index (χ3v) is 4.17. The molecule has 4 rings (SSSR count). The van der Waals surface area contributed by atoms with E-state index in [1.807, 2.05) is 42.5 Å². The third kappa shape index (κ3) is 2.97. The number of pyridine rings is 2. The van der Waals surface area contributed by atoms with Crippen LogP contribution in [0, 0.1) is 0 Å². The highest BCUT2D eigenvalue weighted by Crippen LogP contribution is 2.34. The molecule has 6 heteroatoms. The molecule has 0 spiro atoms. The van der Waals surface area contributed by atoms with Gasteiger partial charge in [-0.2, -0.15) is 0 Å². The van der Waals surface area contributed by atoms with Crippen molar-refractivity contribution in [1.29, 1.82) is 0 Å². The Morgan fingerprint density at radius 3 is 2.40 bits per heavy atom. The predicted molar refractivity (Wildman–Crippen MR) is 99.9 cm³/mol. The number of nitrogen functional groups attached to an aromatic ring is 1. The van der Waals surface area contributed by atoms with Crippen LogP contribution in [0.2, 0.25) is 5.02 Å². The van der Waals surface area contributed by atoms with Crippen molar-refractivity contribution in [2.75, 3.05) is 5.73 Å². The van der Waals surface area contributed by atoms with Crippen LogP contribution in [0.3, 0.4) is 0 Å². The molecule has 0 unspecified atom stereocenters. The number of aromatic amines is 1. The minimum atomic E-state index is 0.301. The molecule has 0 radical (unpaired) electrons. The number of nitrogens with two attached hydrogens (primary N) is 1. The maximum atomic E-state index is 6.15. The second kappa shape index (κ2) is 6.37. The zero-order valence-corrected chi connectivity index (χ0v) is 13.9. The molecule has 0 bridgehead atoms. The Labute approximate surface area is 149 Å². The highest BCUT2D eigenvalue weighted by molar-refractivity contribution is 6.33. The van der Waals surface area contributed by atoms with Crippen molar-refractivity contribution >= 4 is 17.4 Å². The molecule has 4 aromatic rings. The van der Waals surface area contributed by atoms with Gasteiger partial charge in [-0.3, -0.25) is 4.98 Å². The molecule has 0 aliphatic carbocycles. The maximum absolute atomic E-state index is 6.15. The molecule has 0 saturated carbocycles. The third-order valence-electron chi connectivity index (χ3n) is 3.86. The van der Waals surface area contributed by atoms with Gasteiger partial charge in [0, 0.05) is 35.3 Å². The van der Waals surface area contributed by atoms with E-state index in [2.05, 4.69) is 15.0 Å². The minimum Gasteiger partial charge on any atom is -0.382 e. The van der Waals surface area contributed by atoms with Crippen molar-refractivity contribution in [3.05, 3.63) is 72.1 Å². The first-order chi connectivity index (χ1) is 12.2. The summed E-state index contributed by atoms with van der Waals surface area (Å²) in [6.07, 6.45) is 5.17. The van der Waals surface area contributed by atoms with E-state index in [-0.39, 0.29) is 0 Å². The number of halogens is 1. The van der Waals surface area contributed by atoms with Crippen molar-refractivity contribution in [3.8, 4) is 33.9 Å². The summed E-state index contributed by atoms with van der Waals surface area (Å²) in [5.74, 6) is 1.07. The molecule has 0 amide bonds. The van der Waals surface area contributed by atoms with E-state index >= 15 is 0 Å². The fourth-order valence-electron chi connectivity index (χ4n) is 2.62. The summed E-state index contributed by atoms with van der Waals surface area (Å²) in [7, 11) is 0. The van der Waals surface area contributed by atoms with Crippen molar-refractivity contribution in [3.63, 3.8) is 0 Å². The number of nitrogens with one attached hydrogen (secondary N) is 1. The number of nitrogens with zero attached hydrogens (tertiary/aromatic N) is 3. The van der Waals surface area contributed by atoms with Gasteiger partial charge >= 0.3 is 0 Å². The van der Waals surface area contributed by atoms with Gasteiger partial charge in [-0.15, -0.1) is 0 Å². The summed E-state index contributed by atoms with van der Waals surface area (Å²) < 4.78 is 0. The van der Waals surface area contributed by atoms with Gasteiger partial charge < -0.3 is 10.7 Å². The largest absolute Gasteiger partial charge is 0.382 e. The molecule has 3 N–H and O–H groups in total. The van der Waals surface area contributed by atoms with Crippen LogP contribution in [0.5, 0.6) is 0 Å². The molecule has 5 nitrogen and oxygen atoms in total. The van der Waals surface area contributed by atoms with Crippen LogP contribution in [-0.2, 0) is 0 Å². The number of aromatic nitrogens is 4. The van der Waals surface area contributed by atoms with Crippen molar-refractivity contribution in [1.82, 2.24) is 19.9 Å². The molecular weight excluding hydrogens is 334 g/mol. The van der Waals surface area contributed by atoms with Crippen LogP contribution >= 0.6 is 11.6 Å². The van der Waals surface area contributed by atoms with Crippen LogP contribution in [0.4, 0.5) is 5.82 Å². The quantitative estimate of drug-likeness (QED) is 0.574. The van der Waals surface area contributed by atoms with Gasteiger partial charge in [-0.25, -0.2) is 9.97 Å². The molecule has 3 heterocycles. The van der Waals surface area contributed by atoms with E-state index in [1.165, 1.54) is 0 Å². The first kappa shape index (κ1) is 15.4. The number of benzene rings is 1. The van der Waals surface area contributed by atoms with E-state index in [0.29, 0.717) is 10.8 Å². The highest BCUT2D eigenvalue weighted by Gasteiger charge is 2.16. The van der Waals surface area contributed by atoms with Crippen molar-refractivity contribution in [2.45, 2.75) is 0 Å². The van der Waals surface area contributed by atoms with E-state index in [4.69, 9.17) is 22.3 Å². The maximum Gasteiger partial charge on any atom is 0.142 e. The Bertz CT molecular complexity index is 1010. The van der Waals surface area contributed by atoms with Crippen LogP contribution in [-0.4, -0.2) is 19.9 Å². The van der Waals surface area contributed by atoms with Gasteiger partial charge in [-0.1, -0.05) is 41.9 Å². The van der Waals surface area contributed by atoms with Crippen LogP contribution in [0.25, 0.3) is 33.9 Å². The Hall–Kier alpha value is -3.18. The average molecular weight is 348 g/mol. The first-order valence-electron chi connectivity index (χ1n) is 7.69. The molecule has 1 aromatic carbocycles. The van der Waals surface area contributed by atoms with Gasteiger partial charge in [0.15, 0.2) is 0 Å². The lowest BCUT2D eigenvalue weighted by Gasteiger charge is -2.04. The van der Waals surface area contributed by atoms with Crippen molar-refractivity contribution in [2.24, 2.45) is 0 Å². The summed E-state index contributed by atoms with van der Waals surface area (Å²) in [6, 6.07) is 15.6. The Morgan fingerprint density at radius 1 is 0.920 bits per heavy atom. The predicted octanol–water partition coefficient (Wildman–Crippen LogP) is 4.44. The standard InChI is InChI=1S/C19H14ClN5/c20-15-10-14(11-23-18(15)21)17-16(12-6-8-22-9-7-12)24-19(25-17)13-4-2-1-3-5-13/h1-11H,(H2,21,23)(H,24,25). The van der Waals surface area contributed by atoms with Crippen LogP contribution in [0.1, 0.15) is 0 Å². The molecule has 0 aliphatic rings. The Balaban J connectivity index is 1.92. The summed E-state index contributed by atoms with van der Waals surface area (Å²) in [4.78, 5) is 16.4. The molecule has 0 atom stereocenters. The normalized spacial score (nSPS) is 10.8. The molecule has 0 aliphatic heterocycles. The lowest BCUT2D eigenvalue weighted by atomic mass is 10.1. The second-order valence-corrected chi connectivity index (χ2v) is 5.91. The molecule has 25 heavy (non-hydrogen) atoms. The molecule has 0 fully saturated rings. The summed E-state index contributed by atoms with van der Waals surface area (Å²) in [5, 5.41) is 0.405. The topological polar surface area (TPSA) is 80.5 Å². The van der Waals surface area contributed by atoms with E-state index in [1.54, 1.807) is 24.7 Å². The number of rotatable bonds is 3. The zero-order valence-electron chi connectivity index (χ0n) is 13.1. The van der Waals surface area contributed by atoms with E-state index in [9.17, 15) is 0 Å². The lowest BCUT2D eigenvalue weighted by Crippen LogP contribution is -1.92.